The lowest BCUT2D eigenvalue weighted by Gasteiger charge is -2.11. The van der Waals surface area contributed by atoms with Crippen LogP contribution in [-0.2, 0) is 11.3 Å². The molecule has 2 amide bonds. The highest BCUT2D eigenvalue weighted by Crippen LogP contribution is 2.25. The summed E-state index contributed by atoms with van der Waals surface area (Å²) in [5.74, 6) is -0.889. The third-order valence-electron chi connectivity index (χ3n) is 3.29. The molecule has 0 atom stereocenters. The molecule has 21 heavy (non-hydrogen) atoms. The highest BCUT2D eigenvalue weighted by molar-refractivity contribution is 6.21. The van der Waals surface area contributed by atoms with Gasteiger partial charge in [0.2, 0.25) is 0 Å². The number of carbonyl (C=O) groups excluding carboxylic acids is 3. The number of esters is 1. The molecule has 1 aliphatic rings. The van der Waals surface area contributed by atoms with Crippen molar-refractivity contribution in [2.45, 2.75) is 6.54 Å². The van der Waals surface area contributed by atoms with E-state index in [1.165, 1.54) is 31.6 Å². The number of amides is 2. The second kappa shape index (κ2) is 4.90. The number of methoxy groups -OCH3 is 1. The Labute approximate surface area is 119 Å². The Bertz CT molecular complexity index is 733. The third kappa shape index (κ3) is 2.10. The maximum absolute atomic E-state index is 12.3. The first kappa shape index (κ1) is 13.1. The predicted octanol–water partition coefficient (Wildman–Crippen LogP) is 1.86. The van der Waals surface area contributed by atoms with Crippen molar-refractivity contribution in [3.05, 3.63) is 59.0 Å². The molecule has 6 heteroatoms. The predicted molar refractivity (Wildman–Crippen MR) is 70.7 cm³/mol. The van der Waals surface area contributed by atoms with Crippen molar-refractivity contribution in [2.24, 2.45) is 0 Å². The number of benzene rings is 1. The van der Waals surface area contributed by atoms with Crippen molar-refractivity contribution < 1.29 is 23.5 Å². The number of carbonyl (C=O) groups is 3. The minimum absolute atomic E-state index is 0.0624. The quantitative estimate of drug-likeness (QED) is 0.635. The smallest absolute Gasteiger partial charge is 0.337 e. The maximum atomic E-state index is 12.3. The Kier molecular flexibility index (Phi) is 3.06. The zero-order chi connectivity index (χ0) is 15.0. The van der Waals surface area contributed by atoms with Crippen LogP contribution in [0.5, 0.6) is 0 Å². The molecule has 106 valence electrons. The lowest BCUT2D eigenvalue weighted by atomic mass is 10.1. The maximum Gasteiger partial charge on any atom is 0.337 e. The van der Waals surface area contributed by atoms with Gasteiger partial charge in [0.1, 0.15) is 5.76 Å². The average molecular weight is 285 g/mol. The Morgan fingerprint density at radius 2 is 1.95 bits per heavy atom. The molecule has 0 saturated carbocycles. The Hall–Kier alpha value is -2.89. The van der Waals surface area contributed by atoms with Crippen molar-refractivity contribution >= 4 is 17.8 Å². The number of nitrogens with zero attached hydrogens (tertiary/aromatic N) is 1. The number of fused-ring (bicyclic) bond motifs is 1. The lowest BCUT2D eigenvalue weighted by Crippen LogP contribution is -2.28. The number of hydrogen-bond donors (Lipinski definition) is 0. The third-order valence-corrected chi connectivity index (χ3v) is 3.29. The van der Waals surface area contributed by atoms with Crippen LogP contribution in [0.2, 0.25) is 0 Å². The first-order valence-electron chi connectivity index (χ1n) is 6.22. The fourth-order valence-electron chi connectivity index (χ4n) is 2.24. The SMILES string of the molecule is COC(=O)c1ccc2c(c1)C(=O)N(Cc1ccco1)C2=O. The van der Waals surface area contributed by atoms with E-state index < -0.39 is 17.8 Å². The van der Waals surface area contributed by atoms with Crippen LogP contribution in [0.1, 0.15) is 36.8 Å². The van der Waals surface area contributed by atoms with E-state index in [0.717, 1.165) is 4.90 Å². The van der Waals surface area contributed by atoms with E-state index in [9.17, 15) is 14.4 Å². The molecule has 0 saturated heterocycles. The van der Waals surface area contributed by atoms with Crippen LogP contribution in [0.4, 0.5) is 0 Å². The first-order chi connectivity index (χ1) is 10.1. The molecule has 0 N–H and O–H groups in total. The van der Waals surface area contributed by atoms with Gasteiger partial charge in [-0.15, -0.1) is 0 Å². The fourth-order valence-corrected chi connectivity index (χ4v) is 2.24. The highest BCUT2D eigenvalue weighted by atomic mass is 16.5. The van der Waals surface area contributed by atoms with Gasteiger partial charge in [0.15, 0.2) is 0 Å². The molecular formula is C15H11NO5. The zero-order valence-corrected chi connectivity index (χ0v) is 11.2. The molecule has 2 heterocycles. The lowest BCUT2D eigenvalue weighted by molar-refractivity contribution is 0.0599. The Balaban J connectivity index is 1.94. The number of rotatable bonds is 3. The van der Waals surface area contributed by atoms with E-state index in [1.54, 1.807) is 12.1 Å². The van der Waals surface area contributed by atoms with Gasteiger partial charge in [-0.05, 0) is 30.3 Å². The summed E-state index contributed by atoms with van der Waals surface area (Å²) >= 11 is 0. The summed E-state index contributed by atoms with van der Waals surface area (Å²) in [6.07, 6.45) is 1.48. The largest absolute Gasteiger partial charge is 0.467 e. The van der Waals surface area contributed by atoms with E-state index >= 15 is 0 Å². The van der Waals surface area contributed by atoms with E-state index in [4.69, 9.17) is 4.42 Å². The van der Waals surface area contributed by atoms with Crippen LogP contribution in [0, 0.1) is 0 Å². The summed E-state index contributed by atoms with van der Waals surface area (Å²) in [5, 5.41) is 0. The molecule has 2 aromatic rings. The minimum atomic E-state index is -0.553. The summed E-state index contributed by atoms with van der Waals surface area (Å²) < 4.78 is 9.76. The van der Waals surface area contributed by atoms with E-state index in [2.05, 4.69) is 4.74 Å². The molecule has 0 unspecified atom stereocenters. The fraction of sp³-hybridized carbons (Fsp3) is 0.133. The first-order valence-corrected chi connectivity index (χ1v) is 6.22. The summed E-state index contributed by atoms with van der Waals surface area (Å²) in [7, 11) is 1.26. The summed E-state index contributed by atoms with van der Waals surface area (Å²) in [5.41, 5.74) is 0.714. The molecule has 0 bridgehead atoms. The van der Waals surface area contributed by atoms with Crippen molar-refractivity contribution in [3.8, 4) is 0 Å². The summed E-state index contributed by atoms with van der Waals surface area (Å²) in [6, 6.07) is 7.67. The standard InChI is InChI=1S/C15H11NO5/c1-20-15(19)9-4-5-11-12(7-9)14(18)16(13(11)17)8-10-3-2-6-21-10/h2-7H,8H2,1H3. The van der Waals surface area contributed by atoms with Gasteiger partial charge in [0.25, 0.3) is 11.8 Å². The molecule has 6 nitrogen and oxygen atoms in total. The summed E-state index contributed by atoms with van der Waals surface area (Å²) in [4.78, 5) is 37.1. The van der Waals surface area contributed by atoms with Gasteiger partial charge in [-0.3, -0.25) is 14.5 Å². The van der Waals surface area contributed by atoms with Crippen LogP contribution < -0.4 is 0 Å². The zero-order valence-electron chi connectivity index (χ0n) is 11.2. The number of furan rings is 1. The molecular weight excluding hydrogens is 274 g/mol. The highest BCUT2D eigenvalue weighted by Gasteiger charge is 2.36. The molecule has 0 fully saturated rings. The van der Waals surface area contributed by atoms with Gasteiger partial charge in [0, 0.05) is 0 Å². The Morgan fingerprint density at radius 3 is 2.62 bits per heavy atom. The molecule has 3 rings (SSSR count). The number of ether oxygens (including phenoxy) is 1. The molecule has 1 aromatic heterocycles. The number of hydrogen-bond acceptors (Lipinski definition) is 5. The van der Waals surface area contributed by atoms with E-state index in [1.807, 2.05) is 0 Å². The van der Waals surface area contributed by atoms with Gasteiger partial charge in [0.05, 0.1) is 36.6 Å². The van der Waals surface area contributed by atoms with Crippen LogP contribution in [0.15, 0.2) is 41.0 Å². The minimum Gasteiger partial charge on any atom is -0.467 e. The van der Waals surface area contributed by atoms with Gasteiger partial charge >= 0.3 is 5.97 Å². The van der Waals surface area contributed by atoms with Gasteiger partial charge in [-0.1, -0.05) is 0 Å². The van der Waals surface area contributed by atoms with Crippen LogP contribution in [0.3, 0.4) is 0 Å². The van der Waals surface area contributed by atoms with E-state index in [-0.39, 0.29) is 23.2 Å². The molecule has 0 aliphatic carbocycles. The van der Waals surface area contributed by atoms with Crippen molar-refractivity contribution in [1.82, 2.24) is 4.90 Å². The van der Waals surface area contributed by atoms with Gasteiger partial charge in [-0.2, -0.15) is 0 Å². The van der Waals surface area contributed by atoms with Crippen LogP contribution >= 0.6 is 0 Å². The normalized spacial score (nSPS) is 13.5. The molecule has 1 aliphatic heterocycles. The topological polar surface area (TPSA) is 76.8 Å². The molecule has 0 spiro atoms. The van der Waals surface area contributed by atoms with E-state index in [0.29, 0.717) is 5.76 Å². The van der Waals surface area contributed by atoms with Crippen molar-refractivity contribution in [1.29, 1.82) is 0 Å². The second-order valence-electron chi connectivity index (χ2n) is 4.53. The van der Waals surface area contributed by atoms with Gasteiger partial charge < -0.3 is 9.15 Å². The Morgan fingerprint density at radius 1 is 1.19 bits per heavy atom. The monoisotopic (exact) mass is 285 g/mol. The average Bonchev–Trinajstić information content (AvgIpc) is 3.09. The summed E-state index contributed by atoms with van der Waals surface area (Å²) in [6.45, 7) is 0.0624. The molecule has 0 radical (unpaired) electrons. The van der Waals surface area contributed by atoms with Crippen molar-refractivity contribution in [2.75, 3.05) is 7.11 Å². The number of imide groups is 1. The second-order valence-corrected chi connectivity index (χ2v) is 4.53. The molecule has 1 aromatic carbocycles. The van der Waals surface area contributed by atoms with Crippen LogP contribution in [-0.4, -0.2) is 29.8 Å². The van der Waals surface area contributed by atoms with Gasteiger partial charge in [-0.25, -0.2) is 4.79 Å². The van der Waals surface area contributed by atoms with Crippen molar-refractivity contribution in [3.63, 3.8) is 0 Å². The van der Waals surface area contributed by atoms with Crippen LogP contribution in [0.25, 0.3) is 0 Å².